The van der Waals surface area contributed by atoms with Crippen molar-refractivity contribution in [2.24, 2.45) is 5.92 Å². The second kappa shape index (κ2) is 4.47. The fraction of sp³-hybridized carbons (Fsp3) is 0.500. The standard InChI is InChI=1S/C14H14F2O3/c15-14(16)18-11-7-6-10(8-12(11)19-14)13(17)9-4-2-1-3-5-9/h6-9H,1-5H2. The van der Waals surface area contributed by atoms with Gasteiger partial charge in [-0.1, -0.05) is 19.3 Å². The number of ketones is 1. The van der Waals surface area contributed by atoms with Gasteiger partial charge in [0.25, 0.3) is 0 Å². The Labute approximate surface area is 109 Å². The van der Waals surface area contributed by atoms with Crippen LogP contribution in [0.15, 0.2) is 18.2 Å². The number of alkyl halides is 2. The molecule has 1 heterocycles. The Hall–Kier alpha value is -1.65. The predicted molar refractivity (Wildman–Crippen MR) is 63.6 cm³/mol. The van der Waals surface area contributed by atoms with Crippen LogP contribution >= 0.6 is 0 Å². The molecule has 3 rings (SSSR count). The number of benzene rings is 1. The van der Waals surface area contributed by atoms with E-state index in [4.69, 9.17) is 0 Å². The Kier molecular flexibility index (Phi) is 2.92. The highest BCUT2D eigenvalue weighted by atomic mass is 19.3. The number of hydrogen-bond donors (Lipinski definition) is 0. The van der Waals surface area contributed by atoms with E-state index >= 15 is 0 Å². The van der Waals surface area contributed by atoms with E-state index in [0.717, 1.165) is 32.1 Å². The van der Waals surface area contributed by atoms with Crippen LogP contribution in [0.1, 0.15) is 42.5 Å². The zero-order valence-corrected chi connectivity index (χ0v) is 10.3. The average molecular weight is 268 g/mol. The predicted octanol–water partition coefficient (Wildman–Crippen LogP) is 3.77. The molecule has 19 heavy (non-hydrogen) atoms. The Morgan fingerprint density at radius 1 is 1.11 bits per heavy atom. The Balaban J connectivity index is 1.81. The Morgan fingerprint density at radius 3 is 2.53 bits per heavy atom. The third-order valence-corrected chi connectivity index (χ3v) is 3.66. The van der Waals surface area contributed by atoms with Crippen LogP contribution in [0.3, 0.4) is 0 Å². The first-order valence-electron chi connectivity index (χ1n) is 6.49. The Morgan fingerprint density at radius 2 is 1.79 bits per heavy atom. The van der Waals surface area contributed by atoms with Gasteiger partial charge in [0.2, 0.25) is 0 Å². The first-order valence-corrected chi connectivity index (χ1v) is 6.49. The SMILES string of the molecule is O=C(c1ccc2c(c1)OC(F)(F)O2)C1CCCCC1. The monoisotopic (exact) mass is 268 g/mol. The van der Waals surface area contributed by atoms with Gasteiger partial charge in [-0.05, 0) is 31.0 Å². The van der Waals surface area contributed by atoms with Gasteiger partial charge < -0.3 is 9.47 Å². The summed E-state index contributed by atoms with van der Waals surface area (Å²) in [6.45, 7) is 0. The van der Waals surface area contributed by atoms with Crippen molar-refractivity contribution in [1.82, 2.24) is 0 Å². The minimum Gasteiger partial charge on any atom is -0.395 e. The molecule has 0 bridgehead atoms. The highest BCUT2D eigenvalue weighted by Crippen LogP contribution is 2.41. The number of carbonyl (C=O) groups excluding carboxylic acids is 1. The summed E-state index contributed by atoms with van der Waals surface area (Å²) >= 11 is 0. The molecule has 1 aliphatic carbocycles. The van der Waals surface area contributed by atoms with Gasteiger partial charge >= 0.3 is 6.29 Å². The lowest BCUT2D eigenvalue weighted by atomic mass is 9.84. The van der Waals surface area contributed by atoms with E-state index < -0.39 is 6.29 Å². The molecule has 0 radical (unpaired) electrons. The van der Waals surface area contributed by atoms with E-state index in [2.05, 4.69) is 9.47 Å². The Bertz CT molecular complexity index is 507. The van der Waals surface area contributed by atoms with Crippen molar-refractivity contribution in [3.05, 3.63) is 23.8 Å². The van der Waals surface area contributed by atoms with Crippen LogP contribution in [-0.2, 0) is 0 Å². The first kappa shape index (κ1) is 12.4. The van der Waals surface area contributed by atoms with Crippen LogP contribution in [0.25, 0.3) is 0 Å². The highest BCUT2D eigenvalue weighted by Gasteiger charge is 2.43. The molecule has 0 spiro atoms. The summed E-state index contributed by atoms with van der Waals surface area (Å²) in [7, 11) is 0. The normalized spacial score (nSPS) is 21.4. The van der Waals surface area contributed by atoms with Gasteiger partial charge in [0.05, 0.1) is 0 Å². The maximum absolute atomic E-state index is 12.9. The number of carbonyl (C=O) groups is 1. The minimum atomic E-state index is -3.63. The van der Waals surface area contributed by atoms with Gasteiger partial charge in [-0.25, -0.2) is 0 Å². The van der Waals surface area contributed by atoms with Crippen molar-refractivity contribution in [2.45, 2.75) is 38.4 Å². The molecular formula is C14H14F2O3. The van der Waals surface area contributed by atoms with Gasteiger partial charge in [0.1, 0.15) is 0 Å². The number of rotatable bonds is 2. The zero-order valence-electron chi connectivity index (χ0n) is 10.3. The van der Waals surface area contributed by atoms with Crippen LogP contribution in [0.2, 0.25) is 0 Å². The first-order chi connectivity index (χ1) is 9.05. The second-order valence-electron chi connectivity index (χ2n) is 5.03. The number of hydrogen-bond acceptors (Lipinski definition) is 3. The van der Waals surface area contributed by atoms with Crippen molar-refractivity contribution in [2.75, 3.05) is 0 Å². The molecule has 1 aliphatic heterocycles. The smallest absolute Gasteiger partial charge is 0.395 e. The molecule has 0 atom stereocenters. The maximum atomic E-state index is 12.9. The summed E-state index contributed by atoms with van der Waals surface area (Å²) in [5, 5.41) is 0. The van der Waals surface area contributed by atoms with Crippen molar-refractivity contribution in [3.8, 4) is 11.5 Å². The second-order valence-corrected chi connectivity index (χ2v) is 5.03. The summed E-state index contributed by atoms with van der Waals surface area (Å²) in [5.74, 6) is -0.0622. The molecule has 1 saturated carbocycles. The number of Topliss-reactive ketones (excluding diaryl/α,β-unsaturated/α-hetero) is 1. The molecular weight excluding hydrogens is 254 g/mol. The third kappa shape index (κ3) is 2.41. The van der Waals surface area contributed by atoms with Gasteiger partial charge in [-0.15, -0.1) is 8.78 Å². The van der Waals surface area contributed by atoms with Crippen molar-refractivity contribution in [3.63, 3.8) is 0 Å². The molecule has 0 aromatic heterocycles. The molecule has 0 amide bonds. The largest absolute Gasteiger partial charge is 0.586 e. The van der Waals surface area contributed by atoms with Crippen LogP contribution in [0, 0.1) is 5.92 Å². The zero-order chi connectivity index (χ0) is 13.5. The summed E-state index contributed by atoms with van der Waals surface area (Å²) in [4.78, 5) is 12.3. The fourth-order valence-electron chi connectivity index (χ4n) is 2.70. The quantitative estimate of drug-likeness (QED) is 0.766. The van der Waals surface area contributed by atoms with Crippen LogP contribution in [0.5, 0.6) is 11.5 Å². The summed E-state index contributed by atoms with van der Waals surface area (Å²) < 4.78 is 34.5. The van der Waals surface area contributed by atoms with E-state index in [-0.39, 0.29) is 23.2 Å². The summed E-state index contributed by atoms with van der Waals surface area (Å²) in [6, 6.07) is 4.25. The van der Waals surface area contributed by atoms with E-state index in [0.29, 0.717) is 5.56 Å². The lowest BCUT2D eigenvalue weighted by Gasteiger charge is -2.20. The average Bonchev–Trinajstić information content (AvgIpc) is 2.71. The lowest BCUT2D eigenvalue weighted by molar-refractivity contribution is -0.286. The minimum absolute atomic E-state index is 0.00892. The highest BCUT2D eigenvalue weighted by molar-refractivity contribution is 5.98. The van der Waals surface area contributed by atoms with E-state index in [1.807, 2.05) is 0 Å². The molecule has 5 heteroatoms. The van der Waals surface area contributed by atoms with Crippen LogP contribution in [0.4, 0.5) is 8.78 Å². The van der Waals surface area contributed by atoms with Crippen molar-refractivity contribution < 1.29 is 23.0 Å². The van der Waals surface area contributed by atoms with Crippen molar-refractivity contribution in [1.29, 1.82) is 0 Å². The molecule has 0 unspecified atom stereocenters. The molecule has 2 aliphatic rings. The van der Waals surface area contributed by atoms with Crippen LogP contribution < -0.4 is 9.47 Å². The van der Waals surface area contributed by atoms with E-state index in [1.165, 1.54) is 18.2 Å². The molecule has 3 nitrogen and oxygen atoms in total. The molecule has 1 aromatic rings. The molecule has 0 N–H and O–H groups in total. The topological polar surface area (TPSA) is 35.5 Å². The molecule has 102 valence electrons. The van der Waals surface area contributed by atoms with Gasteiger partial charge in [-0.3, -0.25) is 4.79 Å². The maximum Gasteiger partial charge on any atom is 0.586 e. The number of ether oxygens (including phenoxy) is 2. The third-order valence-electron chi connectivity index (χ3n) is 3.66. The number of halogens is 2. The number of fused-ring (bicyclic) bond motifs is 1. The van der Waals surface area contributed by atoms with Crippen LogP contribution in [-0.4, -0.2) is 12.1 Å². The van der Waals surface area contributed by atoms with Gasteiger partial charge in [-0.2, -0.15) is 0 Å². The van der Waals surface area contributed by atoms with E-state index in [9.17, 15) is 13.6 Å². The lowest BCUT2D eigenvalue weighted by Crippen LogP contribution is -2.25. The summed E-state index contributed by atoms with van der Waals surface area (Å²) in [6.07, 6.45) is 1.40. The summed E-state index contributed by atoms with van der Waals surface area (Å²) in [5.41, 5.74) is 0.423. The molecule has 0 saturated heterocycles. The molecule has 1 aromatic carbocycles. The fourth-order valence-corrected chi connectivity index (χ4v) is 2.70. The van der Waals surface area contributed by atoms with Gasteiger partial charge in [0.15, 0.2) is 17.3 Å². The molecule has 1 fully saturated rings. The van der Waals surface area contributed by atoms with Crippen molar-refractivity contribution >= 4 is 5.78 Å². The van der Waals surface area contributed by atoms with Gasteiger partial charge in [0, 0.05) is 11.5 Å². The van der Waals surface area contributed by atoms with E-state index in [1.54, 1.807) is 0 Å².